The molecule has 0 amide bonds. The summed E-state index contributed by atoms with van der Waals surface area (Å²) in [7, 11) is 0. The second kappa shape index (κ2) is 12.7. The summed E-state index contributed by atoms with van der Waals surface area (Å²) in [5.41, 5.74) is 24.5. The zero-order chi connectivity index (χ0) is 39.4. The van der Waals surface area contributed by atoms with E-state index in [1.165, 1.54) is 128 Å². The quantitative estimate of drug-likeness (QED) is 0.170. The fraction of sp³-hybridized carbons (Fsp3) is 0.123. The van der Waals surface area contributed by atoms with Gasteiger partial charge in [0.1, 0.15) is 0 Å². The topological polar surface area (TPSA) is 3.24 Å². The van der Waals surface area contributed by atoms with Crippen molar-refractivity contribution >= 4 is 38.6 Å². The van der Waals surface area contributed by atoms with Gasteiger partial charge in [-0.05, 0) is 181 Å². The second-order valence-corrected chi connectivity index (χ2v) is 17.1. The predicted molar refractivity (Wildman–Crippen MR) is 248 cm³/mol. The van der Waals surface area contributed by atoms with Crippen LogP contribution >= 0.6 is 0 Å². The molecule has 2 aliphatic rings. The molecule has 0 atom stereocenters. The number of benzene rings is 9. The number of fused-ring (bicyclic) bond motifs is 8. The van der Waals surface area contributed by atoms with Gasteiger partial charge in [-0.1, -0.05) is 135 Å². The van der Waals surface area contributed by atoms with E-state index in [1.807, 2.05) is 0 Å². The van der Waals surface area contributed by atoms with Gasteiger partial charge in [-0.2, -0.15) is 0 Å². The van der Waals surface area contributed by atoms with Crippen molar-refractivity contribution in [2.24, 2.45) is 0 Å². The Balaban J connectivity index is 1.19. The van der Waals surface area contributed by atoms with Gasteiger partial charge in [-0.3, -0.25) is 0 Å². The SMILES string of the molecule is Cc1ccc(N(c2ccc(C)c(C)c2)c2ccc3c(c2)C(C)(C)c2cc4c5c(cccc5c2-3)-c2c-4c(-c3ccccc3)c3ccccc3c2-c2ccccc2)cc1C. The molecule has 0 aromatic heterocycles. The molecule has 0 bridgehead atoms. The Bertz CT molecular complexity index is 3110. The lowest BCUT2D eigenvalue weighted by molar-refractivity contribution is 0.661. The Labute approximate surface area is 341 Å². The summed E-state index contributed by atoms with van der Waals surface area (Å²) in [5, 5.41) is 5.28. The lowest BCUT2D eigenvalue weighted by Gasteiger charge is -2.29. The first-order chi connectivity index (χ1) is 28.2. The lowest BCUT2D eigenvalue weighted by atomic mass is 9.79. The minimum Gasteiger partial charge on any atom is -0.310 e. The highest BCUT2D eigenvalue weighted by Crippen LogP contribution is 2.62. The molecular weight excluding hydrogens is 699 g/mol. The Hall–Kier alpha value is -6.70. The van der Waals surface area contributed by atoms with Crippen LogP contribution in [-0.4, -0.2) is 0 Å². The molecule has 0 aliphatic heterocycles. The fourth-order valence-corrected chi connectivity index (χ4v) is 10.2. The Morgan fingerprint density at radius 3 is 1.41 bits per heavy atom. The maximum absolute atomic E-state index is 2.58. The number of hydrogen-bond acceptors (Lipinski definition) is 1. The van der Waals surface area contributed by atoms with Crippen molar-refractivity contribution in [2.75, 3.05) is 4.90 Å². The molecule has 0 fully saturated rings. The van der Waals surface area contributed by atoms with Crippen LogP contribution in [0.15, 0.2) is 164 Å². The first-order valence-electron chi connectivity index (χ1n) is 20.6. The summed E-state index contributed by atoms with van der Waals surface area (Å²) in [6.45, 7) is 13.7. The molecule has 1 heteroatoms. The standard InChI is InChI=1S/C57H45N/c1-34-24-26-40(30-36(34)3)58(41-27-25-35(2)37(4)31-41)42-28-29-45-49(32-42)57(5,6)50-33-48-53-46(54(45)50)22-15-23-47(53)55-51(38-16-9-7-10-17-38)43-20-13-14-21-44(43)52(56(48)55)39-18-11-8-12-19-39/h7-33H,1-6H3. The van der Waals surface area contributed by atoms with E-state index >= 15 is 0 Å². The highest BCUT2D eigenvalue weighted by atomic mass is 15.1. The molecule has 1 nitrogen and oxygen atoms in total. The largest absolute Gasteiger partial charge is 0.310 e. The van der Waals surface area contributed by atoms with Crippen molar-refractivity contribution in [1.82, 2.24) is 0 Å². The fourth-order valence-electron chi connectivity index (χ4n) is 10.2. The van der Waals surface area contributed by atoms with Crippen molar-refractivity contribution in [2.45, 2.75) is 47.0 Å². The van der Waals surface area contributed by atoms with Crippen LogP contribution in [0.5, 0.6) is 0 Å². The van der Waals surface area contributed by atoms with E-state index in [0.29, 0.717) is 0 Å². The third kappa shape index (κ3) is 4.89. The number of anilines is 3. The Morgan fingerprint density at radius 2 is 0.845 bits per heavy atom. The molecular formula is C57H45N. The second-order valence-electron chi connectivity index (χ2n) is 17.1. The molecule has 0 unspecified atom stereocenters. The summed E-state index contributed by atoms with van der Waals surface area (Å²) in [5.74, 6) is 0. The highest BCUT2D eigenvalue weighted by Gasteiger charge is 2.40. The van der Waals surface area contributed by atoms with Crippen molar-refractivity contribution in [3.63, 3.8) is 0 Å². The van der Waals surface area contributed by atoms with Crippen LogP contribution in [0, 0.1) is 27.7 Å². The van der Waals surface area contributed by atoms with Crippen molar-refractivity contribution < 1.29 is 0 Å². The van der Waals surface area contributed by atoms with Crippen molar-refractivity contribution in [1.29, 1.82) is 0 Å². The van der Waals surface area contributed by atoms with Crippen LogP contribution in [-0.2, 0) is 5.41 Å². The average molecular weight is 744 g/mol. The molecule has 58 heavy (non-hydrogen) atoms. The minimum absolute atomic E-state index is 0.242. The molecule has 9 aromatic carbocycles. The zero-order valence-corrected chi connectivity index (χ0v) is 34.0. The van der Waals surface area contributed by atoms with Crippen LogP contribution in [0.4, 0.5) is 17.1 Å². The summed E-state index contributed by atoms with van der Waals surface area (Å²) in [6, 6.07) is 61.7. The van der Waals surface area contributed by atoms with Gasteiger partial charge in [0.2, 0.25) is 0 Å². The molecule has 0 N–H and O–H groups in total. The molecule has 11 rings (SSSR count). The van der Waals surface area contributed by atoms with Gasteiger partial charge in [0.15, 0.2) is 0 Å². The average Bonchev–Trinajstić information content (AvgIpc) is 3.69. The predicted octanol–water partition coefficient (Wildman–Crippen LogP) is 16.0. The normalized spacial score (nSPS) is 13.1. The Kier molecular flexibility index (Phi) is 7.53. The minimum atomic E-state index is -0.242. The third-order valence-electron chi connectivity index (χ3n) is 13.4. The molecule has 0 heterocycles. The van der Waals surface area contributed by atoms with E-state index in [4.69, 9.17) is 0 Å². The van der Waals surface area contributed by atoms with Crippen molar-refractivity contribution in [3.05, 3.63) is 197 Å². The van der Waals surface area contributed by atoms with Gasteiger partial charge < -0.3 is 4.90 Å². The number of nitrogens with zero attached hydrogens (tertiary/aromatic N) is 1. The summed E-state index contributed by atoms with van der Waals surface area (Å²) in [6.07, 6.45) is 0. The maximum atomic E-state index is 2.58. The molecule has 9 aromatic rings. The molecule has 0 saturated carbocycles. The lowest BCUT2D eigenvalue weighted by Crippen LogP contribution is -2.17. The van der Waals surface area contributed by atoms with E-state index in [-0.39, 0.29) is 5.41 Å². The van der Waals surface area contributed by atoms with E-state index in [0.717, 1.165) is 0 Å². The first-order valence-corrected chi connectivity index (χ1v) is 20.6. The molecule has 0 spiro atoms. The van der Waals surface area contributed by atoms with Gasteiger partial charge >= 0.3 is 0 Å². The molecule has 0 saturated heterocycles. The van der Waals surface area contributed by atoms with Crippen LogP contribution in [0.3, 0.4) is 0 Å². The molecule has 278 valence electrons. The number of rotatable bonds is 5. The van der Waals surface area contributed by atoms with Crippen LogP contribution in [0.25, 0.3) is 77.2 Å². The first kappa shape index (κ1) is 34.5. The van der Waals surface area contributed by atoms with E-state index in [2.05, 4.69) is 210 Å². The molecule has 2 aliphatic carbocycles. The highest BCUT2D eigenvalue weighted by molar-refractivity contribution is 6.29. The van der Waals surface area contributed by atoms with Crippen molar-refractivity contribution in [3.8, 4) is 55.6 Å². The van der Waals surface area contributed by atoms with E-state index < -0.39 is 0 Å². The zero-order valence-electron chi connectivity index (χ0n) is 34.0. The molecule has 0 radical (unpaired) electrons. The monoisotopic (exact) mass is 743 g/mol. The third-order valence-corrected chi connectivity index (χ3v) is 13.4. The van der Waals surface area contributed by atoms with Crippen LogP contribution in [0.2, 0.25) is 0 Å². The van der Waals surface area contributed by atoms with E-state index in [9.17, 15) is 0 Å². The number of aryl methyl sites for hydroxylation is 4. The van der Waals surface area contributed by atoms with Crippen LogP contribution < -0.4 is 4.90 Å². The summed E-state index contributed by atoms with van der Waals surface area (Å²) < 4.78 is 0. The van der Waals surface area contributed by atoms with Gasteiger partial charge in [0.25, 0.3) is 0 Å². The maximum Gasteiger partial charge on any atom is 0.0465 e. The summed E-state index contributed by atoms with van der Waals surface area (Å²) >= 11 is 0. The van der Waals surface area contributed by atoms with Gasteiger partial charge in [0, 0.05) is 22.5 Å². The Morgan fingerprint density at radius 1 is 0.345 bits per heavy atom. The van der Waals surface area contributed by atoms with E-state index in [1.54, 1.807) is 0 Å². The van der Waals surface area contributed by atoms with Gasteiger partial charge in [0.05, 0.1) is 0 Å². The summed E-state index contributed by atoms with van der Waals surface area (Å²) in [4.78, 5) is 2.45. The van der Waals surface area contributed by atoms with Gasteiger partial charge in [-0.15, -0.1) is 0 Å². The smallest absolute Gasteiger partial charge is 0.0465 e. The van der Waals surface area contributed by atoms with Crippen LogP contribution in [0.1, 0.15) is 47.2 Å². The number of hydrogen-bond donors (Lipinski definition) is 0. The van der Waals surface area contributed by atoms with Gasteiger partial charge in [-0.25, -0.2) is 0 Å².